The second-order valence-corrected chi connectivity index (χ2v) is 10.9. The molecule has 0 saturated carbocycles. The Kier molecular flexibility index (Phi) is 5.21. The zero-order valence-electron chi connectivity index (χ0n) is 18.4. The molecule has 0 atom stereocenters. The SMILES string of the molecule is N#Cc1ccccc1S(=O)(=O)N1CCN(c2nc3ccccc3c3nnc(-c4cccs4)n23)CC1. The van der Waals surface area contributed by atoms with Crippen molar-refractivity contribution in [3.63, 3.8) is 0 Å². The van der Waals surface area contributed by atoms with Gasteiger partial charge >= 0.3 is 0 Å². The van der Waals surface area contributed by atoms with Crippen LogP contribution in [0.5, 0.6) is 0 Å². The number of rotatable bonds is 4. The molecule has 0 bridgehead atoms. The summed E-state index contributed by atoms with van der Waals surface area (Å²) in [6, 6.07) is 20.1. The van der Waals surface area contributed by atoms with Crippen molar-refractivity contribution >= 4 is 43.9 Å². The number of fused-ring (bicyclic) bond motifs is 3. The molecule has 1 aliphatic heterocycles. The van der Waals surface area contributed by atoms with E-state index in [0.29, 0.717) is 30.5 Å². The molecule has 1 saturated heterocycles. The largest absolute Gasteiger partial charge is 0.339 e. The van der Waals surface area contributed by atoms with Crippen LogP contribution in [0.2, 0.25) is 0 Å². The number of anilines is 1. The summed E-state index contributed by atoms with van der Waals surface area (Å²) in [5, 5.41) is 21.2. The fraction of sp³-hybridized carbons (Fsp3) is 0.167. The van der Waals surface area contributed by atoms with E-state index in [1.807, 2.05) is 52.2 Å². The number of piperazine rings is 1. The average molecular weight is 502 g/mol. The number of sulfonamides is 1. The van der Waals surface area contributed by atoms with Crippen molar-refractivity contribution < 1.29 is 8.42 Å². The summed E-state index contributed by atoms with van der Waals surface area (Å²) < 4.78 is 30.0. The van der Waals surface area contributed by atoms with Crippen molar-refractivity contribution in [1.29, 1.82) is 5.26 Å². The summed E-state index contributed by atoms with van der Waals surface area (Å²) >= 11 is 1.58. The minimum Gasteiger partial charge on any atom is -0.339 e. The zero-order chi connectivity index (χ0) is 24.0. The lowest BCUT2D eigenvalue weighted by Gasteiger charge is -2.35. The van der Waals surface area contributed by atoms with Crippen LogP contribution < -0.4 is 4.90 Å². The predicted molar refractivity (Wildman–Crippen MR) is 134 cm³/mol. The number of hydrogen-bond acceptors (Lipinski definition) is 8. The van der Waals surface area contributed by atoms with Crippen molar-refractivity contribution in [2.75, 3.05) is 31.1 Å². The molecular formula is C24H19N7O2S2. The van der Waals surface area contributed by atoms with Crippen LogP contribution in [0.3, 0.4) is 0 Å². The minimum atomic E-state index is -3.79. The van der Waals surface area contributed by atoms with Crippen LogP contribution in [0.15, 0.2) is 70.9 Å². The van der Waals surface area contributed by atoms with Crippen LogP contribution >= 0.6 is 11.3 Å². The standard InChI is InChI=1S/C24H19N7O2S2/c25-16-17-6-1-4-10-21(17)35(32,33)30-13-11-29(12-14-30)24-26-19-8-3-2-7-18(19)22-27-28-23(31(22)24)20-9-5-15-34-20/h1-10,15H,11-14H2. The first kappa shape index (κ1) is 21.7. The van der Waals surface area contributed by atoms with Crippen molar-refractivity contribution in [1.82, 2.24) is 23.9 Å². The molecule has 0 radical (unpaired) electrons. The van der Waals surface area contributed by atoms with E-state index in [9.17, 15) is 13.7 Å². The van der Waals surface area contributed by atoms with Crippen LogP contribution in [-0.4, -0.2) is 58.5 Å². The third-order valence-corrected chi connectivity index (χ3v) is 8.94. The van der Waals surface area contributed by atoms with Crippen molar-refractivity contribution in [2.45, 2.75) is 4.90 Å². The molecule has 4 heterocycles. The van der Waals surface area contributed by atoms with Crippen LogP contribution in [-0.2, 0) is 10.0 Å². The fourth-order valence-corrected chi connectivity index (χ4v) is 6.66. The molecule has 1 fully saturated rings. The third kappa shape index (κ3) is 3.54. The van der Waals surface area contributed by atoms with Gasteiger partial charge in [-0.3, -0.25) is 0 Å². The fourth-order valence-electron chi connectivity index (χ4n) is 4.40. The number of benzene rings is 2. The molecule has 0 aliphatic carbocycles. The Labute approximate surface area is 205 Å². The Morgan fingerprint density at radius 1 is 0.914 bits per heavy atom. The van der Waals surface area contributed by atoms with E-state index in [0.717, 1.165) is 15.8 Å². The molecule has 0 N–H and O–H groups in total. The van der Waals surface area contributed by atoms with Crippen LogP contribution in [0, 0.1) is 11.3 Å². The van der Waals surface area contributed by atoms with Gasteiger partial charge in [0.2, 0.25) is 16.0 Å². The second-order valence-electron chi connectivity index (χ2n) is 8.09. The number of thiophene rings is 1. The molecule has 1 aliphatic rings. The Balaban J connectivity index is 1.39. The maximum Gasteiger partial charge on any atom is 0.244 e. The summed E-state index contributed by atoms with van der Waals surface area (Å²) in [6.07, 6.45) is 0. The summed E-state index contributed by atoms with van der Waals surface area (Å²) in [7, 11) is -3.79. The number of nitriles is 1. The molecule has 5 aromatic rings. The van der Waals surface area contributed by atoms with Crippen LogP contribution in [0.1, 0.15) is 5.56 Å². The maximum atomic E-state index is 13.3. The number of aromatic nitrogens is 4. The van der Waals surface area contributed by atoms with E-state index in [2.05, 4.69) is 15.1 Å². The summed E-state index contributed by atoms with van der Waals surface area (Å²) in [4.78, 5) is 8.04. The molecule has 9 nitrogen and oxygen atoms in total. The van der Waals surface area contributed by atoms with Gasteiger partial charge in [0.1, 0.15) is 6.07 Å². The summed E-state index contributed by atoms with van der Waals surface area (Å²) in [5.74, 6) is 1.39. The van der Waals surface area contributed by atoms with E-state index in [-0.39, 0.29) is 23.5 Å². The van der Waals surface area contributed by atoms with Gasteiger partial charge in [0.05, 0.1) is 20.9 Å². The quantitative estimate of drug-likeness (QED) is 0.371. The van der Waals surface area contributed by atoms with Gasteiger partial charge in [-0.05, 0) is 35.7 Å². The molecule has 2 aromatic carbocycles. The molecule has 35 heavy (non-hydrogen) atoms. The van der Waals surface area contributed by atoms with E-state index < -0.39 is 10.0 Å². The Bertz CT molecular complexity index is 1700. The lowest BCUT2D eigenvalue weighted by molar-refractivity contribution is 0.382. The first-order valence-corrected chi connectivity index (χ1v) is 13.3. The monoisotopic (exact) mass is 501 g/mol. The Hall–Kier alpha value is -3.85. The van der Waals surface area contributed by atoms with Gasteiger partial charge in [-0.1, -0.05) is 30.3 Å². The normalized spacial score (nSPS) is 15.0. The van der Waals surface area contributed by atoms with Gasteiger partial charge in [0.15, 0.2) is 11.5 Å². The van der Waals surface area contributed by atoms with Crippen molar-refractivity contribution in [3.8, 4) is 16.8 Å². The molecule has 0 amide bonds. The highest BCUT2D eigenvalue weighted by Crippen LogP contribution is 2.31. The van der Waals surface area contributed by atoms with Gasteiger partial charge in [-0.25, -0.2) is 17.8 Å². The highest BCUT2D eigenvalue weighted by molar-refractivity contribution is 7.89. The smallest absolute Gasteiger partial charge is 0.244 e. The predicted octanol–water partition coefficient (Wildman–Crippen LogP) is 3.39. The molecule has 11 heteroatoms. The van der Waals surface area contributed by atoms with Gasteiger partial charge in [-0.2, -0.15) is 9.57 Å². The third-order valence-electron chi connectivity index (χ3n) is 6.12. The molecule has 0 spiro atoms. The van der Waals surface area contributed by atoms with Gasteiger partial charge in [0, 0.05) is 31.6 Å². The number of nitrogens with zero attached hydrogens (tertiary/aromatic N) is 7. The highest BCUT2D eigenvalue weighted by atomic mass is 32.2. The lowest BCUT2D eigenvalue weighted by atomic mass is 10.2. The van der Waals surface area contributed by atoms with Crippen LogP contribution in [0.4, 0.5) is 5.95 Å². The highest BCUT2D eigenvalue weighted by Gasteiger charge is 2.32. The second kappa shape index (κ2) is 8.42. The molecule has 0 unspecified atom stereocenters. The average Bonchev–Trinajstić information content (AvgIpc) is 3.59. The van der Waals surface area contributed by atoms with E-state index in [1.54, 1.807) is 23.5 Å². The number of hydrogen-bond donors (Lipinski definition) is 0. The van der Waals surface area contributed by atoms with E-state index in [4.69, 9.17) is 4.98 Å². The maximum absolute atomic E-state index is 13.3. The van der Waals surface area contributed by atoms with Crippen LogP contribution in [0.25, 0.3) is 27.3 Å². The Morgan fingerprint density at radius 2 is 1.69 bits per heavy atom. The van der Waals surface area contributed by atoms with Gasteiger partial charge in [-0.15, -0.1) is 21.5 Å². The zero-order valence-corrected chi connectivity index (χ0v) is 20.1. The first-order valence-electron chi connectivity index (χ1n) is 11.0. The molecule has 174 valence electrons. The summed E-state index contributed by atoms with van der Waals surface area (Å²) in [5.41, 5.74) is 1.67. The molecular weight excluding hydrogens is 482 g/mol. The lowest BCUT2D eigenvalue weighted by Crippen LogP contribution is -2.49. The minimum absolute atomic E-state index is 0.0426. The number of para-hydroxylation sites is 1. The van der Waals surface area contributed by atoms with Crippen molar-refractivity contribution in [3.05, 3.63) is 71.6 Å². The Morgan fingerprint density at radius 3 is 2.46 bits per heavy atom. The van der Waals surface area contributed by atoms with E-state index >= 15 is 0 Å². The van der Waals surface area contributed by atoms with Gasteiger partial charge < -0.3 is 4.90 Å². The summed E-state index contributed by atoms with van der Waals surface area (Å²) in [6.45, 7) is 1.43. The van der Waals surface area contributed by atoms with E-state index in [1.165, 1.54) is 16.4 Å². The topological polar surface area (TPSA) is 107 Å². The molecule has 3 aromatic heterocycles. The van der Waals surface area contributed by atoms with Gasteiger partial charge in [0.25, 0.3) is 0 Å². The molecule has 6 rings (SSSR count). The first-order chi connectivity index (χ1) is 17.1. The van der Waals surface area contributed by atoms with Crippen molar-refractivity contribution in [2.24, 2.45) is 0 Å².